The Morgan fingerprint density at radius 1 is 0.808 bits per heavy atom. The van der Waals surface area contributed by atoms with Crippen LogP contribution in [0.15, 0.2) is 48.5 Å². The number of pyridine rings is 1. The molecule has 1 heterocycles. The van der Waals surface area contributed by atoms with E-state index in [4.69, 9.17) is 1.37 Å². The molecule has 1 aromatic heterocycles. The Labute approximate surface area is 157 Å². The van der Waals surface area contributed by atoms with Crippen molar-refractivity contribution < 1.29 is 5.94 Å². The van der Waals surface area contributed by atoms with Gasteiger partial charge in [-0.1, -0.05) is 47.5 Å². The van der Waals surface area contributed by atoms with E-state index in [1.807, 2.05) is 6.92 Å². The van der Waals surface area contributed by atoms with Crippen molar-refractivity contribution in [1.29, 1.82) is 0 Å². The SMILES string of the molecule is [2H]c1c(C)[n+](C)c(-c2cc(C)cc(C)c2C)c2c1ccc1cc(C)ccc12. The second kappa shape index (κ2) is 5.95. The van der Waals surface area contributed by atoms with Crippen LogP contribution in [0.2, 0.25) is 0 Å². The van der Waals surface area contributed by atoms with E-state index in [1.54, 1.807) is 0 Å². The van der Waals surface area contributed by atoms with E-state index in [9.17, 15) is 0 Å². The fraction of sp³-hybridized carbons (Fsp3) is 0.240. The third-order valence-corrected chi connectivity index (χ3v) is 5.63. The van der Waals surface area contributed by atoms with E-state index >= 15 is 0 Å². The molecule has 0 amide bonds. The predicted octanol–water partition coefficient (Wildman–Crippen LogP) is 6.03. The number of rotatable bonds is 1. The van der Waals surface area contributed by atoms with Crippen LogP contribution in [0, 0.1) is 34.6 Å². The topological polar surface area (TPSA) is 3.88 Å². The van der Waals surface area contributed by atoms with Crippen LogP contribution in [0.3, 0.4) is 0 Å². The molecule has 0 fully saturated rings. The van der Waals surface area contributed by atoms with Crippen molar-refractivity contribution in [2.75, 3.05) is 0 Å². The summed E-state index contributed by atoms with van der Waals surface area (Å²) in [6.07, 6.45) is 0. The van der Waals surface area contributed by atoms with E-state index in [1.165, 1.54) is 49.7 Å². The number of nitrogens with zero attached hydrogens (tertiary/aromatic N) is 1. The Morgan fingerprint density at radius 2 is 1.54 bits per heavy atom. The van der Waals surface area contributed by atoms with Crippen LogP contribution in [0.5, 0.6) is 0 Å². The largest absolute Gasteiger partial charge is 0.221 e. The molecule has 0 aliphatic carbocycles. The first-order chi connectivity index (χ1) is 12.8. The molecule has 0 saturated carbocycles. The second-order valence-corrected chi connectivity index (χ2v) is 7.59. The van der Waals surface area contributed by atoms with Gasteiger partial charge < -0.3 is 0 Å². The first-order valence-electron chi connectivity index (χ1n) is 9.70. The van der Waals surface area contributed by atoms with E-state index < -0.39 is 0 Å². The summed E-state index contributed by atoms with van der Waals surface area (Å²) in [4.78, 5) is 0. The molecule has 1 nitrogen and oxygen atoms in total. The van der Waals surface area contributed by atoms with Gasteiger partial charge in [0.15, 0.2) is 5.69 Å². The summed E-state index contributed by atoms with van der Waals surface area (Å²) in [5, 5.41) is 4.65. The number of aromatic nitrogens is 1. The molecule has 4 rings (SSSR count). The maximum absolute atomic E-state index is 8.72. The summed E-state index contributed by atoms with van der Waals surface area (Å²) >= 11 is 0. The van der Waals surface area contributed by atoms with Crippen LogP contribution >= 0.6 is 0 Å². The fourth-order valence-corrected chi connectivity index (χ4v) is 4.02. The molecule has 3 aromatic carbocycles. The highest BCUT2D eigenvalue weighted by Gasteiger charge is 2.22. The Balaban J connectivity index is 2.30. The van der Waals surface area contributed by atoms with Gasteiger partial charge in [-0.15, -0.1) is 0 Å². The lowest BCUT2D eigenvalue weighted by Crippen LogP contribution is -2.35. The maximum Gasteiger partial charge on any atom is 0.221 e. The van der Waals surface area contributed by atoms with Crippen LogP contribution in [0.25, 0.3) is 32.8 Å². The third-order valence-electron chi connectivity index (χ3n) is 5.63. The normalized spacial score (nSPS) is 12.0. The number of benzene rings is 3. The minimum atomic E-state index is 0.612. The van der Waals surface area contributed by atoms with Gasteiger partial charge >= 0.3 is 0 Å². The van der Waals surface area contributed by atoms with Crippen LogP contribution in [-0.4, -0.2) is 0 Å². The molecule has 0 N–H and O–H groups in total. The molecule has 0 bridgehead atoms. The van der Waals surface area contributed by atoms with Crippen molar-refractivity contribution >= 4 is 21.5 Å². The van der Waals surface area contributed by atoms with Crippen molar-refractivity contribution in [2.45, 2.75) is 34.6 Å². The molecule has 0 saturated heterocycles. The zero-order valence-corrected chi connectivity index (χ0v) is 16.5. The highest BCUT2D eigenvalue weighted by atomic mass is 14.9. The quantitative estimate of drug-likeness (QED) is 0.294. The number of hydrogen-bond acceptors (Lipinski definition) is 0. The van der Waals surface area contributed by atoms with E-state index in [0.717, 1.165) is 11.1 Å². The summed E-state index contributed by atoms with van der Waals surface area (Å²) in [7, 11) is 2.09. The average Bonchev–Trinajstić information content (AvgIpc) is 2.63. The predicted molar refractivity (Wildman–Crippen MR) is 112 cm³/mol. The van der Waals surface area contributed by atoms with Crippen molar-refractivity contribution in [3.8, 4) is 11.3 Å². The van der Waals surface area contributed by atoms with Gasteiger partial charge in [-0.05, 0) is 61.0 Å². The summed E-state index contributed by atoms with van der Waals surface area (Å²) in [5.74, 6) is 0. The lowest BCUT2D eigenvalue weighted by molar-refractivity contribution is -0.665. The first-order valence-corrected chi connectivity index (χ1v) is 9.20. The average molecular weight is 341 g/mol. The molecular weight excluding hydrogens is 314 g/mol. The van der Waals surface area contributed by atoms with Crippen molar-refractivity contribution in [3.63, 3.8) is 0 Å². The molecular formula is C25H26N+. The minimum Gasteiger partial charge on any atom is -0.198 e. The summed E-state index contributed by atoms with van der Waals surface area (Å²) < 4.78 is 10.9. The Kier molecular flexibility index (Phi) is 3.56. The van der Waals surface area contributed by atoms with Crippen LogP contribution in [0.1, 0.15) is 29.3 Å². The van der Waals surface area contributed by atoms with E-state index in [-0.39, 0.29) is 0 Å². The van der Waals surface area contributed by atoms with Gasteiger partial charge in [-0.3, -0.25) is 0 Å². The fourth-order valence-electron chi connectivity index (χ4n) is 4.02. The molecule has 4 aromatic rings. The standard InChI is InChI=1S/C25H26N/c1-15-7-10-22-20(12-15)8-9-21-14-18(4)26(6)25(24(21)22)23-13-16(2)11-17(3)19(23)5/h7-14H,1-6H3/q+1/i14D. The highest BCUT2D eigenvalue weighted by molar-refractivity contribution is 6.13. The molecule has 130 valence electrons. The number of hydrogen-bond donors (Lipinski definition) is 0. The maximum atomic E-state index is 8.72. The van der Waals surface area contributed by atoms with Crippen LogP contribution < -0.4 is 4.57 Å². The summed E-state index contributed by atoms with van der Waals surface area (Å²) in [6, 6.07) is 16.0. The Bertz CT molecular complexity index is 1230. The van der Waals surface area contributed by atoms with E-state index in [0.29, 0.717) is 6.04 Å². The smallest absolute Gasteiger partial charge is 0.198 e. The molecule has 0 unspecified atom stereocenters. The summed E-state index contributed by atoms with van der Waals surface area (Å²) in [5.41, 5.74) is 8.59. The Morgan fingerprint density at radius 3 is 2.31 bits per heavy atom. The van der Waals surface area contributed by atoms with Crippen molar-refractivity contribution in [2.24, 2.45) is 7.05 Å². The van der Waals surface area contributed by atoms with Crippen LogP contribution in [-0.2, 0) is 7.05 Å². The van der Waals surface area contributed by atoms with Gasteiger partial charge in [0.1, 0.15) is 7.05 Å². The lowest BCUT2D eigenvalue weighted by Gasteiger charge is -2.14. The number of fused-ring (bicyclic) bond motifs is 3. The van der Waals surface area contributed by atoms with E-state index in [2.05, 4.69) is 81.8 Å². The molecule has 26 heavy (non-hydrogen) atoms. The zero-order valence-electron chi connectivity index (χ0n) is 17.5. The minimum absolute atomic E-state index is 0.612. The third kappa shape index (κ3) is 2.50. The number of aryl methyl sites for hydroxylation is 3. The molecule has 0 spiro atoms. The molecule has 0 aliphatic rings. The summed E-state index contributed by atoms with van der Waals surface area (Å²) in [6.45, 7) is 10.7. The monoisotopic (exact) mass is 341 g/mol. The highest BCUT2D eigenvalue weighted by Crippen LogP contribution is 2.35. The lowest BCUT2D eigenvalue weighted by atomic mass is 9.91. The van der Waals surface area contributed by atoms with Crippen LogP contribution in [0.4, 0.5) is 0 Å². The van der Waals surface area contributed by atoms with Gasteiger partial charge in [-0.25, -0.2) is 0 Å². The van der Waals surface area contributed by atoms with Gasteiger partial charge in [0.25, 0.3) is 0 Å². The molecule has 0 aliphatic heterocycles. The zero-order chi connectivity index (χ0) is 19.5. The van der Waals surface area contributed by atoms with Gasteiger partial charge in [0, 0.05) is 13.0 Å². The first kappa shape index (κ1) is 15.6. The Hall–Kier alpha value is -2.67. The molecule has 0 radical (unpaired) electrons. The molecule has 1 heteroatoms. The second-order valence-electron chi connectivity index (χ2n) is 7.59. The molecule has 0 atom stereocenters. The van der Waals surface area contributed by atoms with Gasteiger partial charge in [0.05, 0.1) is 12.3 Å². The van der Waals surface area contributed by atoms with Gasteiger partial charge in [-0.2, -0.15) is 4.57 Å². The van der Waals surface area contributed by atoms with Gasteiger partial charge in [0.2, 0.25) is 5.69 Å². The van der Waals surface area contributed by atoms with Crippen molar-refractivity contribution in [1.82, 2.24) is 0 Å². The van der Waals surface area contributed by atoms with Crippen molar-refractivity contribution in [3.05, 3.63) is 76.5 Å².